The van der Waals surface area contributed by atoms with Crippen molar-refractivity contribution in [3.8, 4) is 11.5 Å². The molecule has 0 aliphatic carbocycles. The van der Waals surface area contributed by atoms with Crippen LogP contribution in [0.15, 0.2) is 54.6 Å². The molecule has 2 aromatic rings. The minimum Gasteiger partial charge on any atom is -0.507 e. The third-order valence-electron chi connectivity index (χ3n) is 4.16. The van der Waals surface area contributed by atoms with Gasteiger partial charge < -0.3 is 14.6 Å². The highest BCUT2D eigenvalue weighted by Gasteiger charge is 2.19. The quantitative estimate of drug-likeness (QED) is 0.332. The first-order valence-corrected chi connectivity index (χ1v) is 9.03. The first kappa shape index (κ1) is 21.2. The Kier molecular flexibility index (Phi) is 6.62. The summed E-state index contributed by atoms with van der Waals surface area (Å²) in [6.07, 6.45) is 0. The smallest absolute Gasteiger partial charge is 0.333 e. The Morgan fingerprint density at radius 2 is 1.68 bits per heavy atom. The molecule has 0 saturated carbocycles. The van der Waals surface area contributed by atoms with Crippen LogP contribution in [0.1, 0.15) is 49.2 Å². The number of ether oxygens (including phenoxy) is 2. The molecule has 0 amide bonds. The van der Waals surface area contributed by atoms with Gasteiger partial charge >= 0.3 is 5.97 Å². The molecule has 5 heteroatoms. The van der Waals surface area contributed by atoms with Crippen LogP contribution in [-0.2, 0) is 14.9 Å². The van der Waals surface area contributed by atoms with Gasteiger partial charge in [0.2, 0.25) is 0 Å². The van der Waals surface area contributed by atoms with Gasteiger partial charge in [-0.25, -0.2) is 4.79 Å². The molecule has 28 heavy (non-hydrogen) atoms. The largest absolute Gasteiger partial charge is 0.507 e. The van der Waals surface area contributed by atoms with Crippen LogP contribution in [0, 0.1) is 0 Å². The molecule has 2 rings (SSSR count). The minimum atomic E-state index is -0.457. The average molecular weight is 382 g/mol. The van der Waals surface area contributed by atoms with Crippen molar-refractivity contribution >= 4 is 11.8 Å². The molecule has 5 nitrogen and oxygen atoms in total. The molecule has 0 fully saturated rings. The Morgan fingerprint density at radius 3 is 2.21 bits per heavy atom. The van der Waals surface area contributed by atoms with Crippen molar-refractivity contribution in [2.45, 2.75) is 33.1 Å². The number of rotatable bonds is 7. The molecule has 0 aliphatic rings. The molecule has 0 heterocycles. The lowest BCUT2D eigenvalue weighted by Crippen LogP contribution is -2.12. The first-order valence-electron chi connectivity index (χ1n) is 9.03. The third-order valence-corrected chi connectivity index (χ3v) is 4.16. The molecule has 0 aromatic heterocycles. The van der Waals surface area contributed by atoms with E-state index < -0.39 is 5.97 Å². The molecule has 1 N–H and O–H groups in total. The predicted octanol–water partition coefficient (Wildman–Crippen LogP) is 4.42. The summed E-state index contributed by atoms with van der Waals surface area (Å²) in [6, 6.07) is 11.7. The summed E-state index contributed by atoms with van der Waals surface area (Å²) >= 11 is 0. The molecular weight excluding hydrogens is 356 g/mol. The molecule has 0 saturated heterocycles. The Labute approximate surface area is 165 Å². The molecule has 0 bridgehead atoms. The van der Waals surface area contributed by atoms with E-state index in [9.17, 15) is 14.7 Å². The van der Waals surface area contributed by atoms with Crippen molar-refractivity contribution in [3.05, 3.63) is 71.3 Å². The van der Waals surface area contributed by atoms with Crippen molar-refractivity contribution in [1.29, 1.82) is 0 Å². The van der Waals surface area contributed by atoms with Crippen LogP contribution in [0.4, 0.5) is 0 Å². The van der Waals surface area contributed by atoms with Crippen LogP contribution >= 0.6 is 0 Å². The summed E-state index contributed by atoms with van der Waals surface area (Å²) < 4.78 is 10.4. The zero-order valence-electron chi connectivity index (χ0n) is 16.7. The number of phenolic OH excluding ortho intramolecular Hbond substituents is 1. The number of carbonyl (C=O) groups excluding carboxylic acids is 2. The number of phenols is 1. The van der Waals surface area contributed by atoms with Crippen molar-refractivity contribution in [3.63, 3.8) is 0 Å². The monoisotopic (exact) mass is 382 g/mol. The van der Waals surface area contributed by atoms with Gasteiger partial charge in [-0.05, 0) is 54.3 Å². The van der Waals surface area contributed by atoms with Crippen LogP contribution in [-0.4, -0.2) is 30.1 Å². The van der Waals surface area contributed by atoms with E-state index in [0.717, 1.165) is 5.56 Å². The van der Waals surface area contributed by atoms with E-state index in [-0.39, 0.29) is 35.7 Å². The maximum absolute atomic E-state index is 12.7. The van der Waals surface area contributed by atoms with E-state index >= 15 is 0 Å². The van der Waals surface area contributed by atoms with Crippen LogP contribution in [0.3, 0.4) is 0 Å². The third kappa shape index (κ3) is 5.46. The van der Waals surface area contributed by atoms with E-state index in [1.807, 2.05) is 26.8 Å². The van der Waals surface area contributed by atoms with Crippen molar-refractivity contribution in [2.24, 2.45) is 0 Å². The lowest BCUT2D eigenvalue weighted by molar-refractivity contribution is -0.139. The standard InChI is InChI=1S/C23H26O5/c1-15(2)22(26)28-13-12-27-18-9-6-16(7-10-18)21(25)19-11-8-17(14-20(19)24)23(3,4)5/h6-11,14,24H,1,12-13H2,2-5H3. The molecule has 0 aliphatic heterocycles. The summed E-state index contributed by atoms with van der Waals surface area (Å²) in [5, 5.41) is 10.3. The molecule has 148 valence electrons. The summed E-state index contributed by atoms with van der Waals surface area (Å²) in [5.74, 6) is -0.200. The second-order valence-corrected chi connectivity index (χ2v) is 7.60. The molecule has 0 spiro atoms. The number of ketones is 1. The molecule has 0 unspecified atom stereocenters. The predicted molar refractivity (Wildman–Crippen MR) is 108 cm³/mol. The molecule has 2 aromatic carbocycles. The fraction of sp³-hybridized carbons (Fsp3) is 0.304. The Hall–Kier alpha value is -3.08. The SMILES string of the molecule is C=C(C)C(=O)OCCOc1ccc(C(=O)c2ccc(C(C)(C)C)cc2O)cc1. The summed E-state index contributed by atoms with van der Waals surface area (Å²) in [6.45, 7) is 11.5. The highest BCUT2D eigenvalue weighted by atomic mass is 16.6. The van der Waals surface area contributed by atoms with Crippen molar-refractivity contribution in [2.75, 3.05) is 13.2 Å². The summed E-state index contributed by atoms with van der Waals surface area (Å²) in [4.78, 5) is 23.9. The minimum absolute atomic E-state index is 0.0305. The lowest BCUT2D eigenvalue weighted by atomic mass is 9.86. The van der Waals surface area contributed by atoms with Crippen LogP contribution in [0.25, 0.3) is 0 Å². The average Bonchev–Trinajstić information content (AvgIpc) is 2.64. The van der Waals surface area contributed by atoms with Gasteiger partial charge in [0.25, 0.3) is 0 Å². The normalized spacial score (nSPS) is 11.0. The molecule has 0 atom stereocenters. The fourth-order valence-electron chi connectivity index (χ4n) is 2.47. The first-order chi connectivity index (χ1) is 13.1. The fourth-order valence-corrected chi connectivity index (χ4v) is 2.47. The van der Waals surface area contributed by atoms with Crippen LogP contribution in [0.5, 0.6) is 11.5 Å². The van der Waals surface area contributed by atoms with Gasteiger partial charge in [-0.2, -0.15) is 0 Å². The maximum atomic E-state index is 12.7. The maximum Gasteiger partial charge on any atom is 0.333 e. The highest BCUT2D eigenvalue weighted by Crippen LogP contribution is 2.29. The topological polar surface area (TPSA) is 72.8 Å². The van der Waals surface area contributed by atoms with Gasteiger partial charge in [-0.15, -0.1) is 0 Å². The lowest BCUT2D eigenvalue weighted by Gasteiger charge is -2.19. The van der Waals surface area contributed by atoms with Crippen LogP contribution < -0.4 is 4.74 Å². The Morgan fingerprint density at radius 1 is 1.04 bits per heavy atom. The van der Waals surface area contributed by atoms with E-state index in [1.54, 1.807) is 43.3 Å². The Bertz CT molecular complexity index is 873. The zero-order chi connectivity index (χ0) is 20.9. The van der Waals surface area contributed by atoms with Gasteiger partial charge in [0.05, 0.1) is 5.56 Å². The number of hydrogen-bond donors (Lipinski definition) is 1. The van der Waals surface area contributed by atoms with Crippen molar-refractivity contribution in [1.82, 2.24) is 0 Å². The van der Waals surface area contributed by atoms with Crippen molar-refractivity contribution < 1.29 is 24.2 Å². The van der Waals surface area contributed by atoms with Gasteiger partial charge in [-0.1, -0.05) is 33.4 Å². The van der Waals surface area contributed by atoms with E-state index in [2.05, 4.69) is 6.58 Å². The van der Waals surface area contributed by atoms with E-state index in [0.29, 0.717) is 16.9 Å². The van der Waals surface area contributed by atoms with Crippen LogP contribution in [0.2, 0.25) is 0 Å². The van der Waals surface area contributed by atoms with Gasteiger partial charge in [-0.3, -0.25) is 4.79 Å². The van der Waals surface area contributed by atoms with Gasteiger partial charge in [0, 0.05) is 11.1 Å². The zero-order valence-corrected chi connectivity index (χ0v) is 16.7. The van der Waals surface area contributed by atoms with E-state index in [1.165, 1.54) is 0 Å². The molecule has 0 radical (unpaired) electrons. The van der Waals surface area contributed by atoms with E-state index in [4.69, 9.17) is 9.47 Å². The highest BCUT2D eigenvalue weighted by molar-refractivity contribution is 6.10. The Balaban J connectivity index is 2.00. The number of esters is 1. The second kappa shape index (κ2) is 8.74. The number of hydrogen-bond acceptors (Lipinski definition) is 5. The number of carbonyl (C=O) groups is 2. The summed E-state index contributed by atoms with van der Waals surface area (Å²) in [5.41, 5.74) is 1.88. The van der Waals surface area contributed by atoms with Gasteiger partial charge in [0.1, 0.15) is 24.7 Å². The number of aromatic hydroxyl groups is 1. The number of benzene rings is 2. The second-order valence-electron chi connectivity index (χ2n) is 7.60. The van der Waals surface area contributed by atoms with Gasteiger partial charge in [0.15, 0.2) is 5.78 Å². The molecular formula is C23H26O5. The summed E-state index contributed by atoms with van der Waals surface area (Å²) in [7, 11) is 0.